The molecule has 234 valence electrons. The van der Waals surface area contributed by atoms with Gasteiger partial charge in [-0.05, 0) is 68.9 Å². The number of carbonyl (C=O) groups is 2. The Balaban J connectivity index is 1.70. The number of aryl methyl sites for hydroxylation is 1. The summed E-state index contributed by atoms with van der Waals surface area (Å²) in [5.74, 6) is 1.22. The molecule has 0 spiro atoms. The van der Waals surface area contributed by atoms with Crippen LogP contribution < -0.4 is 0 Å². The number of unbranched alkanes of at least 4 members (excludes halogenated alkanes) is 2. The van der Waals surface area contributed by atoms with Crippen molar-refractivity contribution in [3.63, 3.8) is 0 Å². The quantitative estimate of drug-likeness (QED) is 0.112. The van der Waals surface area contributed by atoms with E-state index in [0.717, 1.165) is 71.0 Å². The van der Waals surface area contributed by atoms with Crippen molar-refractivity contribution in [3.8, 4) is 19.5 Å². The molecule has 0 fully saturated rings. The van der Waals surface area contributed by atoms with Crippen LogP contribution in [0.3, 0.4) is 0 Å². The topological polar surface area (TPSA) is 34.1 Å². The van der Waals surface area contributed by atoms with E-state index >= 15 is 0 Å². The molecule has 44 heavy (non-hydrogen) atoms. The van der Waals surface area contributed by atoms with Gasteiger partial charge in [0.25, 0.3) is 0 Å². The molecule has 1 aliphatic carbocycles. The third-order valence-electron chi connectivity index (χ3n) is 9.05. The van der Waals surface area contributed by atoms with E-state index in [-0.39, 0.29) is 11.6 Å². The third-order valence-corrected chi connectivity index (χ3v) is 13.9. The van der Waals surface area contributed by atoms with Crippen LogP contribution in [0.25, 0.3) is 25.6 Å². The fraction of sp³-hybridized carbons (Fsp3) is 0.474. The average Bonchev–Trinajstić information content (AvgIpc) is 3.81. The lowest BCUT2D eigenvalue weighted by molar-refractivity contribution is 0.0980. The normalized spacial score (nSPS) is 14.4. The van der Waals surface area contributed by atoms with Gasteiger partial charge in [-0.3, -0.25) is 9.59 Å². The van der Waals surface area contributed by atoms with Gasteiger partial charge in [-0.25, -0.2) is 0 Å². The number of ketones is 2. The first-order chi connectivity index (χ1) is 21.3. The molecule has 0 saturated carbocycles. The van der Waals surface area contributed by atoms with Crippen LogP contribution in [0, 0.1) is 18.8 Å². The molecule has 4 aromatic heterocycles. The summed E-state index contributed by atoms with van der Waals surface area (Å²) in [7, 11) is 0. The number of carbonyl (C=O) groups excluding carboxylic acids is 2. The molecule has 0 saturated heterocycles. The van der Waals surface area contributed by atoms with E-state index in [1.807, 2.05) is 13.0 Å². The Hall–Kier alpha value is -2.12. The minimum atomic E-state index is 0.0748. The van der Waals surface area contributed by atoms with Gasteiger partial charge in [-0.2, -0.15) is 0 Å². The number of hydrogen-bond donors (Lipinski definition) is 0. The maximum atomic E-state index is 14.9. The van der Waals surface area contributed by atoms with Gasteiger partial charge in [0.15, 0.2) is 11.6 Å². The highest BCUT2D eigenvalue weighted by Gasteiger charge is 2.42. The van der Waals surface area contributed by atoms with Crippen molar-refractivity contribution in [2.24, 2.45) is 11.8 Å². The summed E-state index contributed by atoms with van der Waals surface area (Å²) in [5, 5.41) is 0. The summed E-state index contributed by atoms with van der Waals surface area (Å²) in [5.41, 5.74) is 2.77. The molecule has 1 aliphatic rings. The summed E-state index contributed by atoms with van der Waals surface area (Å²) in [4.78, 5) is 38.6. The van der Waals surface area contributed by atoms with Crippen LogP contribution in [0.1, 0.15) is 137 Å². The van der Waals surface area contributed by atoms with E-state index in [2.05, 4.69) is 65.0 Å². The van der Waals surface area contributed by atoms with Gasteiger partial charge < -0.3 is 0 Å². The van der Waals surface area contributed by atoms with Crippen LogP contribution >= 0.6 is 45.3 Å². The van der Waals surface area contributed by atoms with Crippen LogP contribution in [0.5, 0.6) is 0 Å². The van der Waals surface area contributed by atoms with Gasteiger partial charge in [-0.1, -0.05) is 85.1 Å². The zero-order valence-electron chi connectivity index (χ0n) is 27.1. The Labute approximate surface area is 280 Å². The lowest BCUT2D eigenvalue weighted by atomic mass is 9.81. The molecule has 0 radical (unpaired) electrons. The number of rotatable bonds is 15. The molecule has 0 aromatic carbocycles. The molecular formula is C38H46O2S4. The summed E-state index contributed by atoms with van der Waals surface area (Å²) >= 11 is 6.84. The van der Waals surface area contributed by atoms with Crippen molar-refractivity contribution in [1.82, 2.24) is 0 Å². The van der Waals surface area contributed by atoms with Crippen molar-refractivity contribution in [2.75, 3.05) is 0 Å². The molecule has 4 heterocycles. The molecule has 0 amide bonds. The largest absolute Gasteiger partial charge is 0.288 e. The van der Waals surface area contributed by atoms with Gasteiger partial charge in [0.1, 0.15) is 0 Å². The van der Waals surface area contributed by atoms with E-state index < -0.39 is 0 Å². The van der Waals surface area contributed by atoms with Gasteiger partial charge in [-0.15, -0.1) is 45.3 Å². The Morgan fingerprint density at radius 3 is 1.64 bits per heavy atom. The minimum absolute atomic E-state index is 0.0748. The molecule has 2 atom stereocenters. The first-order valence-electron chi connectivity index (χ1n) is 16.5. The molecule has 0 bridgehead atoms. The van der Waals surface area contributed by atoms with E-state index in [1.54, 1.807) is 45.3 Å². The Morgan fingerprint density at radius 1 is 0.659 bits per heavy atom. The Morgan fingerprint density at radius 2 is 1.18 bits per heavy atom. The fourth-order valence-corrected chi connectivity index (χ4v) is 11.4. The highest BCUT2D eigenvalue weighted by atomic mass is 32.1. The highest BCUT2D eigenvalue weighted by molar-refractivity contribution is 7.27. The maximum Gasteiger partial charge on any atom is 0.197 e. The second kappa shape index (κ2) is 15.0. The number of allylic oxidation sites excluding steroid dienone is 1. The summed E-state index contributed by atoms with van der Waals surface area (Å²) in [6.07, 6.45) is 15.2. The van der Waals surface area contributed by atoms with E-state index in [9.17, 15) is 9.59 Å². The van der Waals surface area contributed by atoms with E-state index in [1.165, 1.54) is 43.4 Å². The molecular weight excluding hydrogens is 617 g/mol. The van der Waals surface area contributed by atoms with Crippen LogP contribution in [-0.4, -0.2) is 11.6 Å². The predicted octanol–water partition coefficient (Wildman–Crippen LogP) is 12.9. The van der Waals surface area contributed by atoms with Crippen LogP contribution in [0.2, 0.25) is 0 Å². The number of fused-ring (bicyclic) bond motifs is 2. The molecule has 4 aromatic rings. The monoisotopic (exact) mass is 662 g/mol. The number of thiophene rings is 4. The van der Waals surface area contributed by atoms with Crippen molar-refractivity contribution in [2.45, 2.75) is 106 Å². The predicted molar refractivity (Wildman–Crippen MR) is 196 cm³/mol. The zero-order valence-corrected chi connectivity index (χ0v) is 30.4. The van der Waals surface area contributed by atoms with Crippen LogP contribution in [0.15, 0.2) is 30.3 Å². The first kappa shape index (κ1) is 33.2. The minimum Gasteiger partial charge on any atom is -0.288 e. The lowest BCUT2D eigenvalue weighted by Crippen LogP contribution is -2.22. The van der Waals surface area contributed by atoms with Crippen LogP contribution in [-0.2, 0) is 12.8 Å². The molecule has 5 rings (SSSR count). The average molecular weight is 663 g/mol. The molecule has 0 N–H and O–H groups in total. The van der Waals surface area contributed by atoms with Crippen molar-refractivity contribution in [1.29, 1.82) is 0 Å². The Kier molecular flexibility index (Phi) is 11.3. The second-order valence-electron chi connectivity index (χ2n) is 12.2. The van der Waals surface area contributed by atoms with Gasteiger partial charge in [0.05, 0.1) is 20.9 Å². The first-order valence-corrected chi connectivity index (χ1v) is 19.8. The zero-order chi connectivity index (χ0) is 31.4. The standard InChI is InChI=1S/C38H46O2S4/c1-7-12-15-24(10-4)21-29-31-32(30(43-29)22-25(11-5)16-13-8-2)36(40)34-33(35(31)39)37(27-19-17-23(6)41-27)44-38(34)28-20-18-26(42-28)14-9-3/h9,14,17-20,24-25H,7-8,10-13,15-16,21-22H2,1-6H3/b14-9+. The second-order valence-corrected chi connectivity index (χ2v) is 16.8. The maximum absolute atomic E-state index is 14.9. The third kappa shape index (κ3) is 6.70. The fourth-order valence-electron chi connectivity index (χ4n) is 6.46. The summed E-state index contributed by atoms with van der Waals surface area (Å²) < 4.78 is 0. The van der Waals surface area contributed by atoms with Gasteiger partial charge in [0, 0.05) is 40.4 Å². The van der Waals surface area contributed by atoms with Crippen molar-refractivity contribution >= 4 is 63.0 Å². The van der Waals surface area contributed by atoms with Crippen LogP contribution in [0.4, 0.5) is 0 Å². The Bertz CT molecular complexity index is 1640. The molecule has 2 nitrogen and oxygen atoms in total. The van der Waals surface area contributed by atoms with E-state index in [4.69, 9.17) is 0 Å². The van der Waals surface area contributed by atoms with E-state index in [0.29, 0.717) is 23.0 Å². The molecule has 2 unspecified atom stereocenters. The lowest BCUT2D eigenvalue weighted by Gasteiger charge is -2.19. The SMILES string of the molecule is C/C=C/c1ccc(-c2sc(-c3ccc(C)s3)c3c2C(=O)c2c(CC(CC)CCCC)sc(CC(CC)CCCC)c2C3=O)s1. The molecule has 6 heteroatoms. The van der Waals surface area contributed by atoms with Gasteiger partial charge in [0.2, 0.25) is 0 Å². The van der Waals surface area contributed by atoms with Gasteiger partial charge >= 0.3 is 0 Å². The van der Waals surface area contributed by atoms with Crippen molar-refractivity contribution < 1.29 is 9.59 Å². The van der Waals surface area contributed by atoms with Crippen molar-refractivity contribution in [3.05, 3.63) is 72.1 Å². The smallest absolute Gasteiger partial charge is 0.197 e. The summed E-state index contributed by atoms with van der Waals surface area (Å²) in [6, 6.07) is 8.49. The number of hydrogen-bond acceptors (Lipinski definition) is 6. The highest BCUT2D eigenvalue weighted by Crippen LogP contribution is 2.51. The summed E-state index contributed by atoms with van der Waals surface area (Å²) in [6.45, 7) is 13.2. The molecule has 0 aliphatic heterocycles.